The largest absolute Gasteiger partial charge is 0.357 e. The van der Waals surface area contributed by atoms with Gasteiger partial charge in [-0.3, -0.25) is 0 Å². The molecule has 0 aliphatic carbocycles. The highest BCUT2D eigenvalue weighted by Crippen LogP contribution is 2.08. The van der Waals surface area contributed by atoms with Crippen molar-refractivity contribution in [2.75, 3.05) is 37.0 Å². The molecule has 18 heavy (non-hydrogen) atoms. The number of hydrogen-bond donors (Lipinski definition) is 3. The molecule has 0 saturated carbocycles. The van der Waals surface area contributed by atoms with Gasteiger partial charge in [-0.05, 0) is 18.0 Å². The molecule has 0 bridgehead atoms. The van der Waals surface area contributed by atoms with Crippen LogP contribution in [0.4, 0.5) is 11.9 Å². The zero-order chi connectivity index (χ0) is 13.6. The van der Waals surface area contributed by atoms with E-state index in [0.717, 1.165) is 6.26 Å². The summed E-state index contributed by atoms with van der Waals surface area (Å²) in [4.78, 5) is 11.7. The summed E-state index contributed by atoms with van der Waals surface area (Å²) in [7, 11) is -1.46. The van der Waals surface area contributed by atoms with Crippen LogP contribution < -0.4 is 15.4 Å². The summed E-state index contributed by atoms with van der Waals surface area (Å²) < 4.78 is 24.0. The number of sulfonamides is 1. The molecule has 0 radical (unpaired) electrons. The predicted molar refractivity (Wildman–Crippen MR) is 70.3 cm³/mol. The van der Waals surface area contributed by atoms with Crippen molar-refractivity contribution >= 4 is 33.5 Å². The Morgan fingerprint density at radius 1 is 1.17 bits per heavy atom. The van der Waals surface area contributed by atoms with Gasteiger partial charge >= 0.3 is 0 Å². The van der Waals surface area contributed by atoms with Crippen LogP contribution in [0.5, 0.6) is 0 Å². The van der Waals surface area contributed by atoms with Gasteiger partial charge in [0, 0.05) is 20.1 Å². The second kappa shape index (κ2) is 6.66. The Kier molecular flexibility index (Phi) is 5.51. The summed E-state index contributed by atoms with van der Waals surface area (Å²) in [5, 5.41) is 5.77. The van der Waals surface area contributed by atoms with Gasteiger partial charge < -0.3 is 10.6 Å². The van der Waals surface area contributed by atoms with Crippen molar-refractivity contribution in [3.05, 3.63) is 5.28 Å². The van der Waals surface area contributed by atoms with Crippen LogP contribution in [0.2, 0.25) is 5.28 Å². The van der Waals surface area contributed by atoms with Gasteiger partial charge in [-0.2, -0.15) is 15.0 Å². The molecule has 3 N–H and O–H groups in total. The second-order valence-electron chi connectivity index (χ2n) is 3.45. The van der Waals surface area contributed by atoms with Crippen LogP contribution in [0.25, 0.3) is 0 Å². The molecule has 0 amide bonds. The van der Waals surface area contributed by atoms with E-state index < -0.39 is 10.0 Å². The third-order valence-electron chi connectivity index (χ3n) is 1.83. The highest BCUT2D eigenvalue weighted by atomic mass is 35.5. The van der Waals surface area contributed by atoms with E-state index in [1.807, 2.05) is 0 Å². The first-order chi connectivity index (χ1) is 8.40. The normalized spacial score (nSPS) is 11.3. The van der Waals surface area contributed by atoms with Crippen molar-refractivity contribution in [2.24, 2.45) is 0 Å². The van der Waals surface area contributed by atoms with Crippen LogP contribution in [0.15, 0.2) is 0 Å². The summed E-state index contributed by atoms with van der Waals surface area (Å²) in [6.45, 7) is 0.871. The van der Waals surface area contributed by atoms with E-state index in [4.69, 9.17) is 11.6 Å². The van der Waals surface area contributed by atoms with Crippen molar-refractivity contribution in [3.8, 4) is 0 Å². The monoisotopic (exact) mass is 294 g/mol. The van der Waals surface area contributed by atoms with Crippen LogP contribution in [-0.2, 0) is 10.0 Å². The third-order valence-corrected chi connectivity index (χ3v) is 2.73. The molecule has 0 spiro atoms. The fourth-order valence-electron chi connectivity index (χ4n) is 1.09. The number of aromatic nitrogens is 3. The molecule has 102 valence electrons. The Hall–Kier alpha value is -1.19. The molecular formula is C8H15ClN6O2S. The van der Waals surface area contributed by atoms with Crippen LogP contribution in [0, 0.1) is 0 Å². The summed E-state index contributed by atoms with van der Waals surface area (Å²) >= 11 is 5.69. The summed E-state index contributed by atoms with van der Waals surface area (Å²) in [6, 6.07) is 0. The van der Waals surface area contributed by atoms with Gasteiger partial charge in [0.25, 0.3) is 0 Å². The summed E-state index contributed by atoms with van der Waals surface area (Å²) in [5.41, 5.74) is 0. The fourth-order valence-corrected chi connectivity index (χ4v) is 1.76. The van der Waals surface area contributed by atoms with E-state index >= 15 is 0 Å². The van der Waals surface area contributed by atoms with Crippen LogP contribution >= 0.6 is 11.6 Å². The molecule has 0 aliphatic heterocycles. The molecule has 10 heteroatoms. The molecule has 8 nitrogen and oxygen atoms in total. The van der Waals surface area contributed by atoms with E-state index in [2.05, 4.69) is 30.3 Å². The molecule has 1 rings (SSSR count). The highest BCUT2D eigenvalue weighted by Gasteiger charge is 2.03. The van der Waals surface area contributed by atoms with Crippen LogP contribution in [0.1, 0.15) is 6.42 Å². The van der Waals surface area contributed by atoms with Gasteiger partial charge in [0.2, 0.25) is 27.2 Å². The maximum atomic E-state index is 10.8. The average Bonchev–Trinajstić information content (AvgIpc) is 2.26. The molecule has 1 aromatic rings. The van der Waals surface area contributed by atoms with Crippen LogP contribution in [0.3, 0.4) is 0 Å². The Balaban J connectivity index is 2.37. The molecule has 0 atom stereocenters. The Bertz CT molecular complexity index is 494. The minimum absolute atomic E-state index is 0.0890. The third kappa shape index (κ3) is 5.94. The van der Waals surface area contributed by atoms with E-state index in [0.29, 0.717) is 31.4 Å². The lowest BCUT2D eigenvalue weighted by Gasteiger charge is -2.06. The number of rotatable bonds is 7. The minimum Gasteiger partial charge on any atom is -0.357 e. The summed E-state index contributed by atoms with van der Waals surface area (Å²) in [6.07, 6.45) is 1.72. The number of anilines is 2. The first-order valence-corrected chi connectivity index (χ1v) is 7.45. The van der Waals surface area contributed by atoms with Crippen molar-refractivity contribution in [2.45, 2.75) is 6.42 Å². The number of halogens is 1. The SMILES string of the molecule is CNc1nc(Cl)nc(NCCCNS(C)(=O)=O)n1. The van der Waals surface area contributed by atoms with Gasteiger partial charge in [0.1, 0.15) is 0 Å². The summed E-state index contributed by atoms with van der Waals surface area (Å²) in [5.74, 6) is 0.713. The zero-order valence-corrected chi connectivity index (χ0v) is 11.6. The smallest absolute Gasteiger partial charge is 0.228 e. The molecular weight excluding hydrogens is 280 g/mol. The topological polar surface area (TPSA) is 109 Å². The molecule has 0 aromatic carbocycles. The molecule has 0 aliphatic rings. The maximum Gasteiger partial charge on any atom is 0.228 e. The molecule has 0 unspecified atom stereocenters. The number of nitrogens with zero attached hydrogens (tertiary/aromatic N) is 3. The van der Waals surface area contributed by atoms with Gasteiger partial charge in [0.05, 0.1) is 6.26 Å². The van der Waals surface area contributed by atoms with Crippen molar-refractivity contribution in [1.29, 1.82) is 0 Å². The lowest BCUT2D eigenvalue weighted by atomic mass is 10.4. The Morgan fingerprint density at radius 3 is 2.44 bits per heavy atom. The zero-order valence-electron chi connectivity index (χ0n) is 10.1. The lowest BCUT2D eigenvalue weighted by molar-refractivity contribution is 0.586. The number of nitrogens with one attached hydrogen (secondary N) is 3. The molecule has 1 heterocycles. The van der Waals surface area contributed by atoms with Crippen LogP contribution in [-0.4, -0.2) is 49.8 Å². The van der Waals surface area contributed by atoms with Gasteiger partial charge in [-0.15, -0.1) is 0 Å². The second-order valence-corrected chi connectivity index (χ2v) is 5.62. The minimum atomic E-state index is -3.14. The van der Waals surface area contributed by atoms with Gasteiger partial charge in [-0.25, -0.2) is 13.1 Å². The van der Waals surface area contributed by atoms with Crippen molar-refractivity contribution in [1.82, 2.24) is 19.7 Å². The van der Waals surface area contributed by atoms with E-state index in [-0.39, 0.29) is 5.28 Å². The Labute approximate surface area is 111 Å². The first kappa shape index (κ1) is 14.9. The molecule has 0 saturated heterocycles. The quantitative estimate of drug-likeness (QED) is 0.603. The number of hydrogen-bond acceptors (Lipinski definition) is 7. The van der Waals surface area contributed by atoms with Crippen molar-refractivity contribution < 1.29 is 8.42 Å². The highest BCUT2D eigenvalue weighted by molar-refractivity contribution is 7.88. The van der Waals surface area contributed by atoms with E-state index in [1.54, 1.807) is 7.05 Å². The van der Waals surface area contributed by atoms with Gasteiger partial charge in [-0.1, -0.05) is 0 Å². The van der Waals surface area contributed by atoms with E-state index in [9.17, 15) is 8.42 Å². The first-order valence-electron chi connectivity index (χ1n) is 5.18. The lowest BCUT2D eigenvalue weighted by Crippen LogP contribution is -2.24. The molecule has 1 aromatic heterocycles. The predicted octanol–water partition coefficient (Wildman–Crippen LogP) is -0.0821. The maximum absolute atomic E-state index is 10.8. The molecule has 0 fully saturated rings. The van der Waals surface area contributed by atoms with E-state index in [1.165, 1.54) is 0 Å². The fraction of sp³-hybridized carbons (Fsp3) is 0.625. The standard InChI is InChI=1S/C8H15ClN6O2S/c1-10-7-13-6(9)14-8(15-7)11-4-3-5-12-18(2,16)17/h12H,3-5H2,1-2H3,(H2,10,11,13,14,15). The van der Waals surface area contributed by atoms with Gasteiger partial charge in [0.15, 0.2) is 0 Å². The van der Waals surface area contributed by atoms with Crippen molar-refractivity contribution in [3.63, 3.8) is 0 Å². The Morgan fingerprint density at radius 2 is 1.83 bits per heavy atom. The average molecular weight is 295 g/mol.